The molecule has 1 heterocycles. The smallest absolute Gasteiger partial charge is 0.263 e. The van der Waals surface area contributed by atoms with Gasteiger partial charge in [-0.3, -0.25) is 9.59 Å². The Morgan fingerprint density at radius 1 is 1.03 bits per heavy atom. The third-order valence-corrected chi connectivity index (χ3v) is 7.98. The Bertz CT molecular complexity index is 1330. The summed E-state index contributed by atoms with van der Waals surface area (Å²) in [5.41, 5.74) is 1.41. The molecule has 0 saturated carbocycles. The minimum Gasteiger partial charge on any atom is -0.477 e. The van der Waals surface area contributed by atoms with Crippen molar-refractivity contribution in [3.05, 3.63) is 89.4 Å². The molecule has 1 atom stereocenters. The van der Waals surface area contributed by atoms with Crippen LogP contribution in [0.15, 0.2) is 83.8 Å². The molecule has 0 bridgehead atoms. The van der Waals surface area contributed by atoms with Gasteiger partial charge >= 0.3 is 0 Å². The molecule has 188 valence electrons. The van der Waals surface area contributed by atoms with Crippen molar-refractivity contribution >= 4 is 39.1 Å². The van der Waals surface area contributed by atoms with Crippen molar-refractivity contribution in [2.75, 3.05) is 24.5 Å². The summed E-state index contributed by atoms with van der Waals surface area (Å²) >= 11 is 5.89. The molecule has 2 amide bonds. The molecular formula is C26H26ClN3O5S. The van der Waals surface area contributed by atoms with Gasteiger partial charge in [0.05, 0.1) is 23.7 Å². The van der Waals surface area contributed by atoms with Crippen molar-refractivity contribution in [1.29, 1.82) is 0 Å². The lowest BCUT2D eigenvalue weighted by atomic mass is 10.1. The number of ether oxygens (including phenoxy) is 1. The minimum absolute atomic E-state index is 0.0436. The summed E-state index contributed by atoms with van der Waals surface area (Å²) in [6, 6.07) is 22.1. The maximum absolute atomic E-state index is 13.4. The maximum atomic E-state index is 13.4. The molecule has 1 aliphatic heterocycles. The first kappa shape index (κ1) is 25.7. The number of carbonyl (C=O) groups is 2. The van der Waals surface area contributed by atoms with E-state index in [1.807, 2.05) is 30.3 Å². The lowest BCUT2D eigenvalue weighted by molar-refractivity contribution is -0.128. The Labute approximate surface area is 215 Å². The highest BCUT2D eigenvalue weighted by molar-refractivity contribution is 7.89. The van der Waals surface area contributed by atoms with Gasteiger partial charge in [-0.1, -0.05) is 61.0 Å². The van der Waals surface area contributed by atoms with Crippen LogP contribution in [0, 0.1) is 0 Å². The highest BCUT2D eigenvalue weighted by atomic mass is 35.5. The van der Waals surface area contributed by atoms with Crippen LogP contribution < -0.4 is 15.0 Å². The molecule has 8 nitrogen and oxygen atoms in total. The third kappa shape index (κ3) is 5.70. The summed E-state index contributed by atoms with van der Waals surface area (Å²) in [5, 5.41) is 3.25. The Hall–Kier alpha value is -3.40. The molecule has 0 spiro atoms. The fourth-order valence-electron chi connectivity index (χ4n) is 3.86. The highest BCUT2D eigenvalue weighted by Gasteiger charge is 2.35. The van der Waals surface area contributed by atoms with Crippen LogP contribution in [-0.2, 0) is 26.2 Å². The van der Waals surface area contributed by atoms with Gasteiger partial charge in [0.25, 0.3) is 5.91 Å². The van der Waals surface area contributed by atoms with Crippen LogP contribution >= 0.6 is 11.6 Å². The standard InChI is InChI=1S/C26H26ClN3O5S/c1-2-29(36(33,34)21-14-12-20(27)13-15-21)18-25(31)30-17-24(35-23-11-7-6-10-22(23)30)26(32)28-16-19-8-4-3-5-9-19/h3-15,24H,2,16-18H2,1H3,(H,28,32). The average Bonchev–Trinajstić information content (AvgIpc) is 2.90. The number of hydrogen-bond acceptors (Lipinski definition) is 5. The van der Waals surface area contributed by atoms with E-state index in [9.17, 15) is 18.0 Å². The predicted molar refractivity (Wildman–Crippen MR) is 137 cm³/mol. The Morgan fingerprint density at radius 2 is 1.69 bits per heavy atom. The average molecular weight is 528 g/mol. The topological polar surface area (TPSA) is 96.0 Å². The second-order valence-electron chi connectivity index (χ2n) is 8.17. The van der Waals surface area contributed by atoms with E-state index in [1.165, 1.54) is 29.2 Å². The Morgan fingerprint density at radius 3 is 2.39 bits per heavy atom. The second kappa shape index (κ2) is 11.1. The van der Waals surface area contributed by atoms with E-state index in [0.717, 1.165) is 9.87 Å². The number of likely N-dealkylation sites (N-methyl/N-ethyl adjacent to an activating group) is 1. The fraction of sp³-hybridized carbons (Fsp3) is 0.231. The van der Waals surface area contributed by atoms with Gasteiger partial charge in [-0.25, -0.2) is 8.42 Å². The Kier molecular flexibility index (Phi) is 7.93. The van der Waals surface area contributed by atoms with Gasteiger partial charge in [-0.05, 0) is 42.0 Å². The molecule has 0 radical (unpaired) electrons. The number of anilines is 1. The van der Waals surface area contributed by atoms with Crippen molar-refractivity contribution < 1.29 is 22.7 Å². The zero-order valence-corrected chi connectivity index (χ0v) is 21.2. The molecule has 1 unspecified atom stereocenters. The molecule has 10 heteroatoms. The number of para-hydroxylation sites is 2. The summed E-state index contributed by atoms with van der Waals surface area (Å²) in [7, 11) is -3.93. The Balaban J connectivity index is 1.52. The molecule has 36 heavy (non-hydrogen) atoms. The number of nitrogens with zero attached hydrogens (tertiary/aromatic N) is 2. The third-order valence-electron chi connectivity index (χ3n) is 5.79. The first-order valence-corrected chi connectivity index (χ1v) is 13.2. The number of benzene rings is 3. The number of fused-ring (bicyclic) bond motifs is 1. The van der Waals surface area contributed by atoms with Crippen LogP contribution in [0.3, 0.4) is 0 Å². The van der Waals surface area contributed by atoms with Gasteiger partial charge in [0.2, 0.25) is 15.9 Å². The molecule has 0 aliphatic carbocycles. The lowest BCUT2D eigenvalue weighted by Gasteiger charge is -2.35. The molecule has 3 aromatic carbocycles. The zero-order chi connectivity index (χ0) is 25.7. The number of hydrogen-bond donors (Lipinski definition) is 1. The van der Waals surface area contributed by atoms with E-state index >= 15 is 0 Å². The number of carbonyl (C=O) groups excluding carboxylic acids is 2. The summed E-state index contributed by atoms with van der Waals surface area (Å²) < 4.78 is 33.3. The van der Waals surface area contributed by atoms with Crippen molar-refractivity contribution in [2.24, 2.45) is 0 Å². The first-order chi connectivity index (χ1) is 17.3. The minimum atomic E-state index is -3.93. The molecule has 0 fully saturated rings. The van der Waals surface area contributed by atoms with Gasteiger partial charge in [0.15, 0.2) is 6.10 Å². The van der Waals surface area contributed by atoms with E-state index in [1.54, 1.807) is 31.2 Å². The molecule has 4 rings (SSSR count). The van der Waals surface area contributed by atoms with Crippen LogP contribution in [0.4, 0.5) is 5.69 Å². The summed E-state index contributed by atoms with van der Waals surface area (Å²) in [6.07, 6.45) is -0.949. The number of sulfonamides is 1. The van der Waals surface area contributed by atoms with E-state index in [-0.39, 0.29) is 23.9 Å². The summed E-state index contributed by atoms with van der Waals surface area (Å²) in [6.45, 7) is 1.62. The number of halogens is 1. The van der Waals surface area contributed by atoms with E-state index in [4.69, 9.17) is 16.3 Å². The summed E-state index contributed by atoms with van der Waals surface area (Å²) in [5.74, 6) is -0.459. The summed E-state index contributed by atoms with van der Waals surface area (Å²) in [4.78, 5) is 27.8. The molecular weight excluding hydrogens is 502 g/mol. The molecule has 3 aromatic rings. The SMILES string of the molecule is CCN(CC(=O)N1CC(C(=O)NCc2ccccc2)Oc2ccccc21)S(=O)(=O)c1ccc(Cl)cc1. The predicted octanol–water partition coefficient (Wildman–Crippen LogP) is 3.46. The number of nitrogens with one attached hydrogen (secondary N) is 1. The zero-order valence-electron chi connectivity index (χ0n) is 19.6. The molecule has 0 saturated heterocycles. The monoisotopic (exact) mass is 527 g/mol. The van der Waals surface area contributed by atoms with Crippen LogP contribution in [0.1, 0.15) is 12.5 Å². The molecule has 0 aromatic heterocycles. The van der Waals surface area contributed by atoms with Crippen molar-refractivity contribution in [3.8, 4) is 5.75 Å². The van der Waals surface area contributed by atoms with E-state index in [0.29, 0.717) is 23.0 Å². The quantitative estimate of drug-likeness (QED) is 0.484. The van der Waals surface area contributed by atoms with Gasteiger partial charge in [0.1, 0.15) is 5.75 Å². The van der Waals surface area contributed by atoms with Gasteiger partial charge < -0.3 is 15.0 Å². The van der Waals surface area contributed by atoms with Gasteiger partial charge in [-0.2, -0.15) is 4.31 Å². The van der Waals surface area contributed by atoms with Gasteiger partial charge in [0, 0.05) is 18.1 Å². The van der Waals surface area contributed by atoms with Crippen LogP contribution in [0.5, 0.6) is 5.75 Å². The van der Waals surface area contributed by atoms with Crippen molar-refractivity contribution in [3.63, 3.8) is 0 Å². The maximum Gasteiger partial charge on any atom is 0.263 e. The molecule has 1 aliphatic rings. The fourth-order valence-corrected chi connectivity index (χ4v) is 5.39. The highest BCUT2D eigenvalue weighted by Crippen LogP contribution is 2.33. The molecule has 1 N–H and O–H groups in total. The van der Waals surface area contributed by atoms with E-state index in [2.05, 4.69) is 5.32 Å². The normalized spacial score (nSPS) is 15.2. The van der Waals surface area contributed by atoms with E-state index < -0.39 is 28.6 Å². The number of amides is 2. The largest absolute Gasteiger partial charge is 0.477 e. The van der Waals surface area contributed by atoms with Gasteiger partial charge in [-0.15, -0.1) is 0 Å². The van der Waals surface area contributed by atoms with Crippen LogP contribution in [0.25, 0.3) is 0 Å². The second-order valence-corrected chi connectivity index (χ2v) is 10.5. The number of rotatable bonds is 8. The lowest BCUT2D eigenvalue weighted by Crippen LogP contribution is -2.53. The van der Waals surface area contributed by atoms with Crippen molar-refractivity contribution in [2.45, 2.75) is 24.5 Å². The van der Waals surface area contributed by atoms with Crippen LogP contribution in [0.2, 0.25) is 5.02 Å². The van der Waals surface area contributed by atoms with Crippen LogP contribution in [-0.4, -0.2) is 50.3 Å². The first-order valence-electron chi connectivity index (χ1n) is 11.4. The van der Waals surface area contributed by atoms with Crippen molar-refractivity contribution in [1.82, 2.24) is 9.62 Å².